The van der Waals surface area contributed by atoms with Crippen LogP contribution in [0.1, 0.15) is 87.9 Å². The lowest BCUT2D eigenvalue weighted by molar-refractivity contribution is -0.147. The molecule has 12 heteroatoms. The van der Waals surface area contributed by atoms with Crippen LogP contribution in [-0.2, 0) is 28.5 Å². The van der Waals surface area contributed by atoms with Crippen molar-refractivity contribution in [1.29, 1.82) is 0 Å². The molecular weight excluding hydrogens is 608 g/mol. The van der Waals surface area contributed by atoms with Gasteiger partial charge >= 0.3 is 24.1 Å². The van der Waals surface area contributed by atoms with E-state index in [1.165, 1.54) is 0 Å². The van der Waals surface area contributed by atoms with Crippen molar-refractivity contribution < 1.29 is 47.7 Å². The minimum absolute atomic E-state index is 0.0160. The van der Waals surface area contributed by atoms with Gasteiger partial charge in [0.1, 0.15) is 11.2 Å². The predicted octanol–water partition coefficient (Wildman–Crippen LogP) is 5.41. The van der Waals surface area contributed by atoms with E-state index in [0.29, 0.717) is 24.0 Å². The highest BCUT2D eigenvalue weighted by Gasteiger charge is 2.36. The van der Waals surface area contributed by atoms with Crippen molar-refractivity contribution in [3.05, 3.63) is 59.7 Å². The molecule has 0 heterocycles. The number of esters is 2. The molecule has 2 atom stereocenters. The monoisotopic (exact) mass is 652 g/mol. The third kappa shape index (κ3) is 12.5. The van der Waals surface area contributed by atoms with Gasteiger partial charge in [-0.1, -0.05) is 55.0 Å². The lowest BCUT2D eigenvalue weighted by atomic mass is 10.0. The molecule has 1 fully saturated rings. The maximum atomic E-state index is 12.7. The summed E-state index contributed by atoms with van der Waals surface area (Å²) in [4.78, 5) is 73.7. The zero-order chi connectivity index (χ0) is 34.8. The fourth-order valence-corrected chi connectivity index (χ4v) is 4.78. The Balaban J connectivity index is 1.44. The number of hydrogen-bond acceptors (Lipinski definition) is 10. The summed E-state index contributed by atoms with van der Waals surface area (Å²) >= 11 is 0. The molecule has 0 spiro atoms. The lowest BCUT2D eigenvalue weighted by Gasteiger charge is -2.24. The Morgan fingerprint density at radius 1 is 0.681 bits per heavy atom. The third-order valence-electron chi connectivity index (χ3n) is 6.98. The van der Waals surface area contributed by atoms with Crippen LogP contribution in [-0.4, -0.2) is 72.7 Å². The number of alkyl carbamates (subject to hydrolysis) is 2. The molecule has 0 bridgehead atoms. The molecule has 254 valence electrons. The van der Waals surface area contributed by atoms with Gasteiger partial charge in [-0.3, -0.25) is 19.2 Å². The normalized spacial score (nSPS) is 16.0. The minimum atomic E-state index is -0.659. The molecule has 2 amide bonds. The molecule has 1 aliphatic carbocycles. The summed E-state index contributed by atoms with van der Waals surface area (Å²) in [7, 11) is 0. The van der Waals surface area contributed by atoms with Gasteiger partial charge in [-0.05, 0) is 65.5 Å². The summed E-state index contributed by atoms with van der Waals surface area (Å²) in [6, 6.07) is 13.0. The van der Waals surface area contributed by atoms with Gasteiger partial charge in [0.2, 0.25) is 0 Å². The SMILES string of the molecule is CC(C)(C)OC(=O)NCCC(=O)OCC(=O)c1ccc(-c2ccc(C(=O)COC(=O)C3CCCC3NC(=O)OC(C)(C)C)cc2)cc1. The summed E-state index contributed by atoms with van der Waals surface area (Å²) in [5, 5.41) is 5.20. The third-order valence-corrected chi connectivity index (χ3v) is 6.98. The molecule has 3 rings (SSSR count). The Morgan fingerprint density at radius 2 is 1.17 bits per heavy atom. The quantitative estimate of drug-likeness (QED) is 0.172. The Morgan fingerprint density at radius 3 is 1.68 bits per heavy atom. The highest BCUT2D eigenvalue weighted by atomic mass is 16.6. The first kappa shape index (κ1) is 36.7. The molecule has 0 aliphatic heterocycles. The second-order valence-corrected chi connectivity index (χ2v) is 13.2. The van der Waals surface area contributed by atoms with Crippen molar-refractivity contribution in [3.8, 4) is 11.1 Å². The van der Waals surface area contributed by atoms with Gasteiger partial charge in [0.15, 0.2) is 24.8 Å². The number of amides is 2. The van der Waals surface area contributed by atoms with E-state index >= 15 is 0 Å². The highest BCUT2D eigenvalue weighted by Crippen LogP contribution is 2.27. The van der Waals surface area contributed by atoms with Crippen LogP contribution < -0.4 is 10.6 Å². The summed E-state index contributed by atoms with van der Waals surface area (Å²) in [5.74, 6) is -2.46. The molecule has 12 nitrogen and oxygen atoms in total. The second-order valence-electron chi connectivity index (χ2n) is 13.2. The van der Waals surface area contributed by atoms with Crippen molar-refractivity contribution in [2.45, 2.75) is 84.5 Å². The largest absolute Gasteiger partial charge is 0.457 e. The number of benzene rings is 2. The van der Waals surface area contributed by atoms with E-state index in [1.54, 1.807) is 90.1 Å². The molecule has 2 aromatic rings. The van der Waals surface area contributed by atoms with Crippen molar-refractivity contribution in [2.75, 3.05) is 19.8 Å². The predicted molar refractivity (Wildman–Crippen MR) is 172 cm³/mol. The summed E-state index contributed by atoms with van der Waals surface area (Å²) in [5.41, 5.74) is 0.997. The standard InChI is InChI=1S/C35H44N2O10/c1-34(2,3)46-32(42)36-19-18-30(40)44-20-28(38)24-14-10-22(11-15-24)23-12-16-25(17-13-23)29(39)21-45-31(41)26-8-7-9-27(26)37-33(43)47-35(4,5)6/h10-17,26-27H,7-9,18-21H2,1-6H3,(H,36,42)(H,37,43). The van der Waals surface area contributed by atoms with Crippen LogP contribution >= 0.6 is 0 Å². The van der Waals surface area contributed by atoms with E-state index in [-0.39, 0.29) is 24.5 Å². The Labute approximate surface area is 274 Å². The van der Waals surface area contributed by atoms with E-state index in [1.807, 2.05) is 0 Å². The maximum Gasteiger partial charge on any atom is 0.407 e. The van der Waals surface area contributed by atoms with Crippen molar-refractivity contribution >= 4 is 35.7 Å². The number of hydrogen-bond donors (Lipinski definition) is 2. The fraction of sp³-hybridized carbons (Fsp3) is 0.486. The molecule has 1 aliphatic rings. The van der Waals surface area contributed by atoms with Crippen molar-refractivity contribution in [2.24, 2.45) is 5.92 Å². The zero-order valence-electron chi connectivity index (χ0n) is 27.8. The Kier molecular flexibility index (Phi) is 12.7. The molecule has 2 N–H and O–H groups in total. The Hall–Kier alpha value is -4.74. The van der Waals surface area contributed by atoms with Crippen LogP contribution in [0.5, 0.6) is 0 Å². The summed E-state index contributed by atoms with van der Waals surface area (Å²) < 4.78 is 20.7. The first-order chi connectivity index (χ1) is 22.0. The van der Waals surface area contributed by atoms with E-state index in [4.69, 9.17) is 18.9 Å². The molecule has 0 aromatic heterocycles. The number of carbonyl (C=O) groups excluding carboxylic acids is 6. The van der Waals surface area contributed by atoms with Crippen LogP contribution in [0.2, 0.25) is 0 Å². The van der Waals surface area contributed by atoms with E-state index < -0.39 is 60.5 Å². The van der Waals surface area contributed by atoms with Crippen LogP contribution in [0.15, 0.2) is 48.5 Å². The number of ketones is 2. The van der Waals surface area contributed by atoms with E-state index in [2.05, 4.69) is 10.6 Å². The summed E-state index contributed by atoms with van der Waals surface area (Å²) in [6.07, 6.45) is 0.562. The van der Waals surface area contributed by atoms with Crippen LogP contribution in [0.3, 0.4) is 0 Å². The van der Waals surface area contributed by atoms with Gasteiger partial charge in [-0.15, -0.1) is 0 Å². The van der Waals surface area contributed by atoms with Crippen molar-refractivity contribution in [1.82, 2.24) is 10.6 Å². The fourth-order valence-electron chi connectivity index (χ4n) is 4.78. The molecule has 1 saturated carbocycles. The molecule has 2 aromatic carbocycles. The van der Waals surface area contributed by atoms with Crippen LogP contribution in [0, 0.1) is 5.92 Å². The van der Waals surface area contributed by atoms with E-state index in [9.17, 15) is 28.8 Å². The van der Waals surface area contributed by atoms with Crippen molar-refractivity contribution in [3.63, 3.8) is 0 Å². The number of ether oxygens (including phenoxy) is 4. The average molecular weight is 653 g/mol. The minimum Gasteiger partial charge on any atom is -0.457 e. The number of nitrogens with one attached hydrogen (secondary N) is 2. The molecule has 0 saturated heterocycles. The van der Waals surface area contributed by atoms with Gasteiger partial charge in [0.05, 0.1) is 12.3 Å². The molecule has 0 radical (unpaired) electrons. The van der Waals surface area contributed by atoms with Gasteiger partial charge in [-0.25, -0.2) is 9.59 Å². The van der Waals surface area contributed by atoms with Gasteiger partial charge in [0, 0.05) is 23.7 Å². The smallest absolute Gasteiger partial charge is 0.407 e. The van der Waals surface area contributed by atoms with Crippen LogP contribution in [0.25, 0.3) is 11.1 Å². The topological polar surface area (TPSA) is 163 Å². The maximum absolute atomic E-state index is 12.7. The van der Waals surface area contributed by atoms with Gasteiger partial charge in [-0.2, -0.15) is 0 Å². The van der Waals surface area contributed by atoms with E-state index in [0.717, 1.165) is 17.5 Å². The second kappa shape index (κ2) is 16.2. The molecule has 47 heavy (non-hydrogen) atoms. The number of Topliss-reactive ketones (excluding diaryl/α,β-unsaturated/α-hetero) is 2. The number of rotatable bonds is 12. The zero-order valence-corrected chi connectivity index (χ0v) is 27.8. The van der Waals surface area contributed by atoms with Gasteiger partial charge < -0.3 is 29.6 Å². The molecule has 2 unspecified atom stereocenters. The average Bonchev–Trinajstić information content (AvgIpc) is 3.44. The first-order valence-electron chi connectivity index (χ1n) is 15.6. The van der Waals surface area contributed by atoms with Crippen LogP contribution in [0.4, 0.5) is 9.59 Å². The molecular formula is C35H44N2O10. The van der Waals surface area contributed by atoms with Gasteiger partial charge in [0.25, 0.3) is 0 Å². The summed E-state index contributed by atoms with van der Waals surface area (Å²) in [6.45, 7) is 9.61. The lowest BCUT2D eigenvalue weighted by Crippen LogP contribution is -2.43. The highest BCUT2D eigenvalue weighted by molar-refractivity contribution is 5.99. The number of carbonyl (C=O) groups is 6. The Bertz CT molecular complexity index is 1440. The first-order valence-corrected chi connectivity index (χ1v) is 15.6.